The number of hydrogen-bond donors (Lipinski definition) is 1. The zero-order chi connectivity index (χ0) is 19.1. The molecule has 1 aromatic rings. The number of hydrogen-bond acceptors (Lipinski definition) is 3. The lowest BCUT2D eigenvalue weighted by atomic mass is 10.2. The van der Waals surface area contributed by atoms with Gasteiger partial charge in [-0.3, -0.25) is 0 Å². The van der Waals surface area contributed by atoms with Crippen LogP contribution in [0.4, 0.5) is 19.7 Å². The van der Waals surface area contributed by atoms with Gasteiger partial charge in [-0.05, 0) is 18.6 Å². The maximum absolute atomic E-state index is 13.7. The quantitative estimate of drug-likeness (QED) is 0.808. The highest BCUT2D eigenvalue weighted by Gasteiger charge is 2.24. The number of carbonyl (C=O) groups excluding carboxylic acids is 2. The molecule has 0 unspecified atom stereocenters. The number of anilines is 1. The van der Waals surface area contributed by atoms with Gasteiger partial charge in [-0.2, -0.15) is 0 Å². The van der Waals surface area contributed by atoms with Crippen LogP contribution in [0.25, 0.3) is 0 Å². The average molecular weight is 365 g/mol. The number of carbonyl (C=O) groups is 2. The van der Waals surface area contributed by atoms with Gasteiger partial charge in [0.1, 0.15) is 5.82 Å². The number of urea groups is 2. The summed E-state index contributed by atoms with van der Waals surface area (Å²) >= 11 is 0. The molecule has 7 nitrogen and oxygen atoms in total. The first-order valence-corrected chi connectivity index (χ1v) is 8.85. The first-order valence-electron chi connectivity index (χ1n) is 8.85. The highest BCUT2D eigenvalue weighted by molar-refractivity contribution is 5.76. The number of nitrogens with one attached hydrogen (secondary N) is 1. The second-order valence-electron chi connectivity index (χ2n) is 6.61. The van der Waals surface area contributed by atoms with Crippen molar-refractivity contribution < 1.29 is 14.0 Å². The van der Waals surface area contributed by atoms with Gasteiger partial charge in [0.25, 0.3) is 0 Å². The van der Waals surface area contributed by atoms with Gasteiger partial charge in [0.05, 0.1) is 5.69 Å². The zero-order valence-corrected chi connectivity index (χ0v) is 15.7. The third-order valence-electron chi connectivity index (χ3n) is 4.43. The maximum Gasteiger partial charge on any atom is 0.319 e. The van der Waals surface area contributed by atoms with Crippen LogP contribution in [-0.4, -0.2) is 87.2 Å². The number of amides is 4. The van der Waals surface area contributed by atoms with Crippen LogP contribution in [0, 0.1) is 5.82 Å². The number of halogens is 1. The van der Waals surface area contributed by atoms with E-state index in [0.29, 0.717) is 45.0 Å². The Morgan fingerprint density at radius 1 is 1.08 bits per heavy atom. The molecule has 1 aliphatic heterocycles. The van der Waals surface area contributed by atoms with Crippen LogP contribution in [0.15, 0.2) is 24.3 Å². The van der Waals surface area contributed by atoms with Crippen molar-refractivity contribution in [2.45, 2.75) is 6.42 Å². The zero-order valence-electron chi connectivity index (χ0n) is 15.7. The van der Waals surface area contributed by atoms with E-state index in [1.165, 1.54) is 6.07 Å². The topological polar surface area (TPSA) is 59.1 Å². The molecule has 0 aromatic heterocycles. The third-order valence-corrected chi connectivity index (χ3v) is 4.43. The highest BCUT2D eigenvalue weighted by Crippen LogP contribution is 2.16. The molecule has 1 heterocycles. The van der Waals surface area contributed by atoms with Gasteiger partial charge in [0.2, 0.25) is 0 Å². The molecule has 0 spiro atoms. The van der Waals surface area contributed by atoms with Crippen molar-refractivity contribution >= 4 is 17.7 Å². The molecular weight excluding hydrogens is 337 g/mol. The fourth-order valence-electron chi connectivity index (χ4n) is 2.89. The van der Waals surface area contributed by atoms with E-state index in [9.17, 15) is 14.0 Å². The molecule has 2 rings (SSSR count). The summed E-state index contributed by atoms with van der Waals surface area (Å²) in [5.41, 5.74) is 0.556. The van der Waals surface area contributed by atoms with E-state index in [2.05, 4.69) is 5.32 Å². The number of piperazine rings is 1. The Morgan fingerprint density at radius 2 is 1.69 bits per heavy atom. The average Bonchev–Trinajstić information content (AvgIpc) is 2.64. The number of nitrogens with zero attached hydrogens (tertiary/aromatic N) is 4. The van der Waals surface area contributed by atoms with Crippen molar-refractivity contribution in [2.75, 3.05) is 65.3 Å². The van der Waals surface area contributed by atoms with Crippen LogP contribution in [0.3, 0.4) is 0 Å². The molecule has 0 aliphatic carbocycles. The molecular formula is C18H28FN5O2. The first-order chi connectivity index (χ1) is 12.4. The minimum Gasteiger partial charge on any atom is -0.372 e. The molecule has 8 heteroatoms. The fourth-order valence-corrected chi connectivity index (χ4v) is 2.89. The van der Waals surface area contributed by atoms with E-state index in [4.69, 9.17) is 0 Å². The molecule has 26 heavy (non-hydrogen) atoms. The van der Waals surface area contributed by atoms with Crippen molar-refractivity contribution in [1.29, 1.82) is 0 Å². The predicted octanol–water partition coefficient (Wildman–Crippen LogP) is 1.66. The van der Waals surface area contributed by atoms with E-state index in [1.807, 2.05) is 11.9 Å². The van der Waals surface area contributed by atoms with Crippen molar-refractivity contribution in [3.63, 3.8) is 0 Å². The summed E-state index contributed by atoms with van der Waals surface area (Å²) in [6.07, 6.45) is 0.718. The molecule has 0 atom stereocenters. The molecule has 1 fully saturated rings. The molecule has 4 amide bonds. The summed E-state index contributed by atoms with van der Waals surface area (Å²) in [4.78, 5) is 30.9. The van der Waals surface area contributed by atoms with Crippen molar-refractivity contribution in [3.05, 3.63) is 30.1 Å². The fraction of sp³-hybridized carbons (Fsp3) is 0.556. The van der Waals surface area contributed by atoms with E-state index in [0.717, 1.165) is 6.42 Å². The van der Waals surface area contributed by atoms with Crippen molar-refractivity contribution in [2.24, 2.45) is 0 Å². The molecule has 1 aliphatic rings. The third kappa shape index (κ3) is 5.24. The summed E-state index contributed by atoms with van der Waals surface area (Å²) in [6.45, 7) is 3.31. The van der Waals surface area contributed by atoms with Gasteiger partial charge in [0, 0.05) is 60.4 Å². The molecule has 0 saturated carbocycles. The predicted molar refractivity (Wildman–Crippen MR) is 99.9 cm³/mol. The lowest BCUT2D eigenvalue weighted by Gasteiger charge is -2.35. The Labute approximate surface area is 154 Å². The van der Waals surface area contributed by atoms with Gasteiger partial charge < -0.3 is 24.9 Å². The molecule has 0 bridgehead atoms. The van der Waals surface area contributed by atoms with E-state index < -0.39 is 0 Å². The Balaban J connectivity index is 1.67. The lowest BCUT2D eigenvalue weighted by molar-refractivity contribution is 0.129. The van der Waals surface area contributed by atoms with Crippen LogP contribution >= 0.6 is 0 Å². The largest absolute Gasteiger partial charge is 0.372 e. The Hall–Kier alpha value is -2.51. The molecule has 1 saturated heterocycles. The maximum atomic E-state index is 13.7. The van der Waals surface area contributed by atoms with E-state index >= 15 is 0 Å². The van der Waals surface area contributed by atoms with Crippen LogP contribution in [-0.2, 0) is 0 Å². The summed E-state index contributed by atoms with van der Waals surface area (Å²) in [6, 6.07) is 6.50. The smallest absolute Gasteiger partial charge is 0.319 e. The minimum absolute atomic E-state index is 0.0266. The minimum atomic E-state index is -0.246. The molecule has 1 N–H and O–H groups in total. The van der Waals surface area contributed by atoms with Gasteiger partial charge in [0.15, 0.2) is 0 Å². The van der Waals surface area contributed by atoms with Gasteiger partial charge in [-0.1, -0.05) is 12.1 Å². The monoisotopic (exact) mass is 365 g/mol. The highest BCUT2D eigenvalue weighted by atomic mass is 19.1. The Kier molecular flexibility index (Phi) is 7.06. The van der Waals surface area contributed by atoms with Crippen LogP contribution in [0.5, 0.6) is 0 Å². The second-order valence-corrected chi connectivity index (χ2v) is 6.61. The van der Waals surface area contributed by atoms with Gasteiger partial charge in [-0.15, -0.1) is 0 Å². The number of rotatable bonds is 5. The Bertz CT molecular complexity index is 617. The number of para-hydroxylation sites is 1. The Morgan fingerprint density at radius 3 is 2.31 bits per heavy atom. The lowest BCUT2D eigenvalue weighted by Crippen LogP contribution is -2.55. The first kappa shape index (κ1) is 19.8. The van der Waals surface area contributed by atoms with Crippen LogP contribution in [0.2, 0.25) is 0 Å². The summed E-state index contributed by atoms with van der Waals surface area (Å²) in [5.74, 6) is -0.246. The van der Waals surface area contributed by atoms with Gasteiger partial charge >= 0.3 is 12.1 Å². The summed E-state index contributed by atoms with van der Waals surface area (Å²) < 4.78 is 13.7. The SMILES string of the molecule is CN(C)C(=O)N1CCN(C(=O)NCCCN(C)c2ccccc2F)CC1. The van der Waals surface area contributed by atoms with Gasteiger partial charge in [-0.25, -0.2) is 14.0 Å². The van der Waals surface area contributed by atoms with Crippen molar-refractivity contribution in [3.8, 4) is 0 Å². The van der Waals surface area contributed by atoms with Crippen molar-refractivity contribution in [1.82, 2.24) is 20.0 Å². The molecule has 0 radical (unpaired) electrons. The standard InChI is InChI=1S/C18H28FN5O2/c1-21(2)18(26)24-13-11-23(12-14-24)17(25)20-9-6-10-22(3)16-8-5-4-7-15(16)19/h4-5,7-8H,6,9-14H2,1-3H3,(H,20,25). The molecule has 144 valence electrons. The summed E-state index contributed by atoms with van der Waals surface area (Å²) in [5, 5.41) is 2.89. The van der Waals surface area contributed by atoms with Crippen LogP contribution in [0.1, 0.15) is 6.42 Å². The van der Waals surface area contributed by atoms with E-state index in [1.54, 1.807) is 47.0 Å². The molecule has 1 aromatic carbocycles. The van der Waals surface area contributed by atoms with E-state index in [-0.39, 0.29) is 17.9 Å². The second kappa shape index (κ2) is 9.26. The van der Waals surface area contributed by atoms with Crippen LogP contribution < -0.4 is 10.2 Å². The summed E-state index contributed by atoms with van der Waals surface area (Å²) in [7, 11) is 5.28. The normalized spacial score (nSPS) is 14.2. The number of benzene rings is 1.